The average molecular weight is 612 g/mol. The van der Waals surface area contributed by atoms with Crippen LogP contribution in [0.2, 0.25) is 0 Å². The number of rotatable bonds is 4. The number of hydrogen-bond acceptors (Lipinski definition) is 9. The van der Waals surface area contributed by atoms with E-state index < -0.39 is 61.9 Å². The fourth-order valence-corrected chi connectivity index (χ4v) is 5.47. The number of nitrogens with one attached hydrogen (secondary N) is 1. The van der Waals surface area contributed by atoms with Gasteiger partial charge in [-0.2, -0.15) is 0 Å². The quantitative estimate of drug-likeness (QED) is 0.318. The molecule has 39 heavy (non-hydrogen) atoms. The number of phosphoric ester groups is 1. The standard InChI is InChI=1S/C25H32ClF2N2O7PS/c1-12-29-21(39)16(26)9-30(12)22-18(31)20(32)25(28,36-22)11-35-38(33)34-10-13-17(27)14(23(2,3)4)8-15(19(13)37-38)24(5,6)7/h8-9,18,20,22,31-32H,1,10-11H2,2-7H3,(H,29,39)/t18-,20+,22-,25-,38?/m1/s1/i11D2,22D. The van der Waals surface area contributed by atoms with Crippen molar-refractivity contribution in [2.45, 2.75) is 83.2 Å². The molecule has 1 unspecified atom stereocenters. The van der Waals surface area contributed by atoms with Crippen LogP contribution in [-0.2, 0) is 35.8 Å². The number of thiocarbonyl (C=S) groups is 1. The summed E-state index contributed by atoms with van der Waals surface area (Å²) in [5.74, 6) is -5.16. The van der Waals surface area contributed by atoms with Gasteiger partial charge in [0.25, 0.3) is 5.85 Å². The summed E-state index contributed by atoms with van der Waals surface area (Å²) in [6.07, 6.45) is -7.24. The zero-order valence-corrected chi connectivity index (χ0v) is 24.6. The van der Waals surface area contributed by atoms with Gasteiger partial charge >= 0.3 is 7.82 Å². The van der Waals surface area contributed by atoms with E-state index >= 15 is 8.78 Å². The van der Waals surface area contributed by atoms with E-state index in [1.54, 1.807) is 47.6 Å². The third kappa shape index (κ3) is 5.63. The lowest BCUT2D eigenvalue weighted by Crippen LogP contribution is -2.47. The maximum Gasteiger partial charge on any atom is 0.530 e. The predicted molar refractivity (Wildman–Crippen MR) is 144 cm³/mol. The molecule has 216 valence electrons. The van der Waals surface area contributed by atoms with Gasteiger partial charge in [-0.1, -0.05) is 71.9 Å². The fourth-order valence-electron chi connectivity index (χ4n) is 4.06. The Morgan fingerprint density at radius 3 is 2.56 bits per heavy atom. The van der Waals surface area contributed by atoms with Gasteiger partial charge in [-0.05, 0) is 22.5 Å². The molecule has 3 aliphatic heterocycles. The zero-order valence-electron chi connectivity index (χ0n) is 25.1. The first-order chi connectivity index (χ1) is 18.9. The number of fused-ring (bicyclic) bond motifs is 1. The van der Waals surface area contributed by atoms with Crippen LogP contribution in [0, 0.1) is 5.82 Å². The number of aliphatic hydroxyl groups excluding tert-OH is 2. The second-order valence-corrected chi connectivity index (χ2v) is 13.7. The number of hydrogen-bond donors (Lipinski definition) is 3. The van der Waals surface area contributed by atoms with Crippen molar-refractivity contribution >= 4 is 36.6 Å². The van der Waals surface area contributed by atoms with Crippen molar-refractivity contribution in [3.8, 4) is 5.75 Å². The Labute approximate surface area is 240 Å². The summed E-state index contributed by atoms with van der Waals surface area (Å²) in [6.45, 7) is 9.82. The normalized spacial score (nSPS) is 34.9. The molecule has 0 spiro atoms. The third-order valence-electron chi connectivity index (χ3n) is 6.22. The van der Waals surface area contributed by atoms with Crippen molar-refractivity contribution in [1.29, 1.82) is 0 Å². The van der Waals surface area contributed by atoms with E-state index in [9.17, 15) is 14.8 Å². The lowest BCUT2D eigenvalue weighted by molar-refractivity contribution is -0.207. The van der Waals surface area contributed by atoms with Gasteiger partial charge in [0.2, 0.25) is 0 Å². The van der Waals surface area contributed by atoms with Crippen LogP contribution in [0.15, 0.2) is 29.7 Å². The molecule has 0 aromatic heterocycles. The second-order valence-electron chi connectivity index (χ2n) is 11.3. The summed E-state index contributed by atoms with van der Waals surface area (Å²) >= 11 is 11.0. The van der Waals surface area contributed by atoms with E-state index in [-0.39, 0.29) is 27.2 Å². The fraction of sp³-hybridized carbons (Fsp3) is 0.560. The molecule has 3 aliphatic rings. The molecule has 9 nitrogen and oxygen atoms in total. The Morgan fingerprint density at radius 1 is 1.36 bits per heavy atom. The van der Waals surface area contributed by atoms with Crippen LogP contribution in [0.1, 0.15) is 62.3 Å². The van der Waals surface area contributed by atoms with E-state index in [0.717, 1.165) is 6.20 Å². The van der Waals surface area contributed by atoms with Crippen molar-refractivity contribution in [1.82, 2.24) is 10.2 Å². The molecule has 1 aromatic carbocycles. The largest absolute Gasteiger partial charge is 0.530 e. The van der Waals surface area contributed by atoms with E-state index in [4.69, 9.17) is 46.2 Å². The lowest BCUT2D eigenvalue weighted by atomic mass is 9.78. The number of halogens is 3. The molecule has 4 rings (SSSR count). The summed E-state index contributed by atoms with van der Waals surface area (Å²) in [5.41, 5.74) is -0.674. The minimum absolute atomic E-state index is 0.00890. The monoisotopic (exact) mass is 611 g/mol. The molecule has 14 heteroatoms. The highest BCUT2D eigenvalue weighted by molar-refractivity contribution is 7.81. The van der Waals surface area contributed by atoms with Crippen LogP contribution in [0.4, 0.5) is 8.78 Å². The van der Waals surface area contributed by atoms with Gasteiger partial charge in [-0.25, -0.2) is 13.3 Å². The topological polar surface area (TPSA) is 110 Å². The number of alkyl halides is 1. The first kappa shape index (κ1) is 26.3. The van der Waals surface area contributed by atoms with E-state index in [1.807, 2.05) is 0 Å². The van der Waals surface area contributed by atoms with Gasteiger partial charge in [0.15, 0.2) is 6.20 Å². The molecule has 1 aromatic rings. The van der Waals surface area contributed by atoms with Crippen molar-refractivity contribution in [3.63, 3.8) is 0 Å². The molecule has 1 fully saturated rings. The second kappa shape index (κ2) is 10.0. The first-order valence-electron chi connectivity index (χ1n) is 13.3. The van der Waals surface area contributed by atoms with E-state index in [2.05, 4.69) is 11.9 Å². The molecule has 3 N–H and O–H groups in total. The van der Waals surface area contributed by atoms with Crippen LogP contribution in [-0.4, -0.2) is 50.9 Å². The molecule has 0 bridgehead atoms. The van der Waals surface area contributed by atoms with Crippen molar-refractivity contribution < 1.29 is 46.0 Å². The highest BCUT2D eigenvalue weighted by atomic mass is 35.5. The number of phosphoric acid groups is 1. The van der Waals surface area contributed by atoms with Crippen LogP contribution in [0.25, 0.3) is 0 Å². The van der Waals surface area contributed by atoms with Crippen molar-refractivity contribution in [2.24, 2.45) is 0 Å². The number of aliphatic hydroxyl groups is 2. The Hall–Kier alpha value is -1.63. The molecule has 0 saturated carbocycles. The Kier molecular flexibility index (Phi) is 6.76. The maximum absolute atomic E-state index is 16.3. The lowest BCUT2D eigenvalue weighted by Gasteiger charge is -2.35. The highest BCUT2D eigenvalue weighted by Gasteiger charge is 2.59. The Balaban J connectivity index is 1.71. The van der Waals surface area contributed by atoms with Gasteiger partial charge in [-0.15, -0.1) is 0 Å². The number of benzene rings is 1. The van der Waals surface area contributed by atoms with Crippen LogP contribution in [0.5, 0.6) is 5.75 Å². The van der Waals surface area contributed by atoms with E-state index in [1.165, 1.54) is 0 Å². The summed E-state index contributed by atoms with van der Waals surface area (Å²) < 4.78 is 91.3. The summed E-state index contributed by atoms with van der Waals surface area (Å²) in [7, 11) is -5.09. The summed E-state index contributed by atoms with van der Waals surface area (Å²) in [4.78, 5) is 0.679. The number of ether oxygens (including phenoxy) is 1. The molecule has 1 saturated heterocycles. The molecule has 0 aliphatic carbocycles. The average Bonchev–Trinajstić information content (AvgIpc) is 3.00. The molecule has 0 amide bonds. The van der Waals surface area contributed by atoms with Crippen LogP contribution < -0.4 is 9.84 Å². The minimum atomic E-state index is -5.09. The minimum Gasteiger partial charge on any atom is -0.403 e. The third-order valence-corrected chi connectivity index (χ3v) is 8.11. The summed E-state index contributed by atoms with van der Waals surface area (Å²) in [6, 6.07) is 1.55. The first-order valence-corrected chi connectivity index (χ1v) is 14.1. The van der Waals surface area contributed by atoms with Crippen LogP contribution >= 0.6 is 31.6 Å². The molecule has 3 heterocycles. The zero-order chi connectivity index (χ0) is 32.0. The highest BCUT2D eigenvalue weighted by Crippen LogP contribution is 2.58. The Bertz CT molecular complexity index is 1440. The molecule has 5 atom stereocenters. The molecular weight excluding hydrogens is 577 g/mol. The predicted octanol–water partition coefficient (Wildman–Crippen LogP) is 4.98. The van der Waals surface area contributed by atoms with Gasteiger partial charge in [0.1, 0.15) is 41.1 Å². The SMILES string of the molecule is [2H]C([2H])(OP1(=O)OCc2c(F)c(C(C)(C)C)cc(C(C)(C)C)c2O1)[C@@]1(F)O[C@@]([2H])(N2C=C(Cl)C(=S)NC2=C)[C@H](O)[C@@H]1O. The summed E-state index contributed by atoms with van der Waals surface area (Å²) in [5, 5.41) is 23.6. The van der Waals surface area contributed by atoms with Gasteiger partial charge < -0.3 is 29.7 Å². The van der Waals surface area contributed by atoms with Crippen molar-refractivity contribution in [3.05, 3.63) is 52.2 Å². The van der Waals surface area contributed by atoms with Crippen molar-refractivity contribution in [2.75, 3.05) is 6.56 Å². The van der Waals surface area contributed by atoms with Crippen LogP contribution in [0.3, 0.4) is 0 Å². The molecular formula is C25H32ClF2N2O7PS. The van der Waals surface area contributed by atoms with Gasteiger partial charge in [0, 0.05) is 11.8 Å². The molecule has 0 radical (unpaired) electrons. The number of nitrogens with zero attached hydrogens (tertiary/aromatic N) is 1. The van der Waals surface area contributed by atoms with Gasteiger partial charge in [0.05, 0.1) is 21.3 Å². The Morgan fingerprint density at radius 2 is 1.97 bits per heavy atom. The smallest absolute Gasteiger partial charge is 0.403 e. The van der Waals surface area contributed by atoms with Gasteiger partial charge in [-0.3, -0.25) is 9.05 Å². The maximum atomic E-state index is 16.3. The van der Waals surface area contributed by atoms with E-state index in [0.29, 0.717) is 16.0 Å².